The fourth-order valence-corrected chi connectivity index (χ4v) is 3.45. The van der Waals surface area contributed by atoms with Gasteiger partial charge in [0.15, 0.2) is 5.96 Å². The van der Waals surface area contributed by atoms with Crippen LogP contribution in [-0.2, 0) is 16.3 Å². The number of benzene rings is 1. The van der Waals surface area contributed by atoms with Crippen molar-refractivity contribution in [2.24, 2.45) is 10.9 Å². The average Bonchev–Trinajstić information content (AvgIpc) is 2.53. The Morgan fingerprint density at radius 2 is 1.91 bits per heavy atom. The first-order chi connectivity index (χ1) is 11.0. The van der Waals surface area contributed by atoms with Crippen molar-refractivity contribution >= 4 is 15.8 Å². The van der Waals surface area contributed by atoms with Gasteiger partial charge in [0.05, 0.1) is 5.75 Å². The van der Waals surface area contributed by atoms with Crippen LogP contribution in [-0.4, -0.2) is 58.0 Å². The Morgan fingerprint density at radius 3 is 2.48 bits per heavy atom. The number of piperidine rings is 1. The fourth-order valence-electron chi connectivity index (χ4n) is 2.98. The van der Waals surface area contributed by atoms with Crippen molar-refractivity contribution in [2.75, 3.05) is 38.7 Å². The normalized spacial score (nSPS) is 17.3. The molecule has 1 aromatic carbocycles. The molecular formula is C17H27N3O2S. The van der Waals surface area contributed by atoms with Crippen LogP contribution in [0.15, 0.2) is 35.3 Å². The largest absolute Gasteiger partial charge is 0.355 e. The van der Waals surface area contributed by atoms with E-state index in [1.807, 2.05) is 0 Å². The molecule has 5 nitrogen and oxygen atoms in total. The minimum atomic E-state index is -2.94. The summed E-state index contributed by atoms with van der Waals surface area (Å²) < 4.78 is 22.4. The summed E-state index contributed by atoms with van der Waals surface area (Å²) in [6.07, 6.45) is 4.67. The number of aliphatic imine (C=N–C) groups is 1. The SMILES string of the molecule is CN=C(NCCS(C)(=O)=O)N1CCC(Cc2ccccc2)CC1. The van der Waals surface area contributed by atoms with Crippen LogP contribution < -0.4 is 5.32 Å². The number of nitrogens with one attached hydrogen (secondary N) is 1. The van der Waals surface area contributed by atoms with Gasteiger partial charge in [0.1, 0.15) is 9.84 Å². The Hall–Kier alpha value is -1.56. The van der Waals surface area contributed by atoms with Crippen LogP contribution in [0, 0.1) is 5.92 Å². The molecule has 2 rings (SSSR count). The van der Waals surface area contributed by atoms with Crippen molar-refractivity contribution < 1.29 is 8.42 Å². The van der Waals surface area contributed by atoms with E-state index in [0.29, 0.717) is 12.5 Å². The molecule has 128 valence electrons. The van der Waals surface area contributed by atoms with Gasteiger partial charge in [-0.15, -0.1) is 0 Å². The van der Waals surface area contributed by atoms with Gasteiger partial charge < -0.3 is 10.2 Å². The van der Waals surface area contributed by atoms with E-state index < -0.39 is 9.84 Å². The highest BCUT2D eigenvalue weighted by molar-refractivity contribution is 7.90. The van der Waals surface area contributed by atoms with Crippen molar-refractivity contribution in [1.82, 2.24) is 10.2 Å². The molecule has 6 heteroatoms. The van der Waals surface area contributed by atoms with Crippen LogP contribution in [0.5, 0.6) is 0 Å². The van der Waals surface area contributed by atoms with E-state index in [-0.39, 0.29) is 5.75 Å². The van der Waals surface area contributed by atoms with Crippen molar-refractivity contribution in [2.45, 2.75) is 19.3 Å². The molecular weight excluding hydrogens is 310 g/mol. The molecule has 0 aliphatic carbocycles. The molecule has 1 aliphatic rings. The van der Waals surface area contributed by atoms with E-state index in [1.165, 1.54) is 11.8 Å². The van der Waals surface area contributed by atoms with Crippen LogP contribution in [0.4, 0.5) is 0 Å². The molecule has 0 unspecified atom stereocenters. The Bertz CT molecular complexity index is 606. The second-order valence-electron chi connectivity index (χ2n) is 6.22. The van der Waals surface area contributed by atoms with Gasteiger partial charge in [0.25, 0.3) is 0 Å². The Labute approximate surface area is 139 Å². The maximum absolute atomic E-state index is 11.2. The summed E-state index contributed by atoms with van der Waals surface area (Å²) in [6, 6.07) is 10.6. The molecule has 0 bridgehead atoms. The first-order valence-corrected chi connectivity index (χ1v) is 10.2. The van der Waals surface area contributed by atoms with Crippen molar-refractivity contribution in [3.05, 3.63) is 35.9 Å². The number of nitrogens with zero attached hydrogens (tertiary/aromatic N) is 2. The van der Waals surface area contributed by atoms with Gasteiger partial charge >= 0.3 is 0 Å². The number of likely N-dealkylation sites (tertiary alicyclic amines) is 1. The molecule has 1 aromatic rings. The first-order valence-electron chi connectivity index (χ1n) is 8.15. The molecule has 1 N–H and O–H groups in total. The second-order valence-corrected chi connectivity index (χ2v) is 8.48. The summed E-state index contributed by atoms with van der Waals surface area (Å²) in [7, 11) is -1.19. The smallest absolute Gasteiger partial charge is 0.193 e. The average molecular weight is 337 g/mol. The summed E-state index contributed by atoms with van der Waals surface area (Å²) in [5.41, 5.74) is 1.40. The third-order valence-electron chi connectivity index (χ3n) is 4.25. The minimum absolute atomic E-state index is 0.135. The Kier molecular flexibility index (Phi) is 6.45. The highest BCUT2D eigenvalue weighted by Gasteiger charge is 2.21. The minimum Gasteiger partial charge on any atom is -0.355 e. The fraction of sp³-hybridized carbons (Fsp3) is 0.588. The van der Waals surface area contributed by atoms with Crippen molar-refractivity contribution in [3.8, 4) is 0 Å². The van der Waals surface area contributed by atoms with Gasteiger partial charge in [-0.25, -0.2) is 8.42 Å². The third-order valence-corrected chi connectivity index (χ3v) is 5.19. The van der Waals surface area contributed by atoms with Gasteiger partial charge in [-0.1, -0.05) is 30.3 Å². The molecule has 0 atom stereocenters. The maximum atomic E-state index is 11.2. The van der Waals surface area contributed by atoms with Gasteiger partial charge in [0.2, 0.25) is 0 Å². The van der Waals surface area contributed by atoms with Gasteiger partial charge in [-0.3, -0.25) is 4.99 Å². The predicted octanol–water partition coefficient (Wildman–Crippen LogP) is 1.56. The summed E-state index contributed by atoms with van der Waals surface area (Å²) in [4.78, 5) is 6.50. The molecule has 1 heterocycles. The highest BCUT2D eigenvalue weighted by Crippen LogP contribution is 2.21. The van der Waals surface area contributed by atoms with Crippen LogP contribution in [0.2, 0.25) is 0 Å². The lowest BCUT2D eigenvalue weighted by Crippen LogP contribution is -2.46. The van der Waals surface area contributed by atoms with Crippen LogP contribution in [0.25, 0.3) is 0 Å². The molecule has 0 radical (unpaired) electrons. The van der Waals surface area contributed by atoms with E-state index in [4.69, 9.17) is 0 Å². The first kappa shape index (κ1) is 17.8. The van der Waals surface area contributed by atoms with Gasteiger partial charge in [-0.05, 0) is 30.7 Å². The highest BCUT2D eigenvalue weighted by atomic mass is 32.2. The summed E-state index contributed by atoms with van der Waals surface area (Å²) in [6.45, 7) is 2.35. The van der Waals surface area contributed by atoms with Crippen LogP contribution in [0.1, 0.15) is 18.4 Å². The number of guanidine groups is 1. The standard InChI is InChI=1S/C17H27N3O2S/c1-18-17(19-10-13-23(2,21)22)20-11-8-16(9-12-20)14-15-6-4-3-5-7-15/h3-7,16H,8-14H2,1-2H3,(H,18,19). The topological polar surface area (TPSA) is 61.8 Å². The lowest BCUT2D eigenvalue weighted by atomic mass is 9.90. The molecule has 1 fully saturated rings. The molecule has 0 aromatic heterocycles. The van der Waals surface area contributed by atoms with Crippen LogP contribution >= 0.6 is 0 Å². The monoisotopic (exact) mass is 337 g/mol. The molecule has 0 saturated carbocycles. The number of rotatable bonds is 5. The Balaban J connectivity index is 1.78. The van der Waals surface area contributed by atoms with Gasteiger partial charge in [-0.2, -0.15) is 0 Å². The zero-order chi connectivity index (χ0) is 16.7. The number of sulfone groups is 1. The van der Waals surface area contributed by atoms with E-state index in [2.05, 4.69) is 45.5 Å². The third kappa shape index (κ3) is 6.22. The van der Waals surface area contributed by atoms with E-state index in [9.17, 15) is 8.42 Å². The molecule has 0 spiro atoms. The molecule has 1 saturated heterocycles. The molecule has 1 aliphatic heterocycles. The summed E-state index contributed by atoms with van der Waals surface area (Å²) in [5.74, 6) is 1.66. The lowest BCUT2D eigenvalue weighted by molar-refractivity contribution is 0.259. The van der Waals surface area contributed by atoms with Crippen LogP contribution in [0.3, 0.4) is 0 Å². The second kappa shape index (κ2) is 8.34. The lowest BCUT2D eigenvalue weighted by Gasteiger charge is -2.34. The van der Waals surface area contributed by atoms with E-state index in [1.54, 1.807) is 7.05 Å². The summed E-state index contributed by atoms with van der Waals surface area (Å²) in [5, 5.41) is 3.16. The molecule has 0 amide bonds. The summed E-state index contributed by atoms with van der Waals surface area (Å²) >= 11 is 0. The maximum Gasteiger partial charge on any atom is 0.193 e. The number of hydrogen-bond donors (Lipinski definition) is 1. The molecule has 23 heavy (non-hydrogen) atoms. The van der Waals surface area contributed by atoms with Gasteiger partial charge in [0, 0.05) is 32.9 Å². The zero-order valence-electron chi connectivity index (χ0n) is 14.0. The number of hydrogen-bond acceptors (Lipinski definition) is 3. The van der Waals surface area contributed by atoms with Crippen molar-refractivity contribution in [1.29, 1.82) is 0 Å². The quantitative estimate of drug-likeness (QED) is 0.654. The predicted molar refractivity (Wildman–Crippen MR) is 95.5 cm³/mol. The van der Waals surface area contributed by atoms with E-state index in [0.717, 1.165) is 38.3 Å². The van der Waals surface area contributed by atoms with Crippen molar-refractivity contribution in [3.63, 3.8) is 0 Å². The zero-order valence-corrected chi connectivity index (χ0v) is 14.8. The van der Waals surface area contributed by atoms with E-state index >= 15 is 0 Å². The Morgan fingerprint density at radius 1 is 1.26 bits per heavy atom.